The molecule has 0 unspecified atom stereocenters. The van der Waals surface area contributed by atoms with E-state index in [1.54, 1.807) is 24.3 Å². The van der Waals surface area contributed by atoms with Crippen LogP contribution in [0.4, 0.5) is 16.2 Å². The van der Waals surface area contributed by atoms with Crippen molar-refractivity contribution in [2.45, 2.75) is 39.2 Å². The molecule has 0 aliphatic carbocycles. The number of benzene rings is 3. The van der Waals surface area contributed by atoms with Crippen molar-refractivity contribution in [1.29, 1.82) is 0 Å². The van der Waals surface area contributed by atoms with Crippen molar-refractivity contribution < 1.29 is 9.59 Å². The number of para-hydroxylation sites is 1. The largest absolute Gasteiger partial charge is 0.352 e. The topological polar surface area (TPSA) is 64.7 Å². The van der Waals surface area contributed by atoms with Gasteiger partial charge in [0.15, 0.2) is 0 Å². The third-order valence-corrected chi connectivity index (χ3v) is 6.64. The fourth-order valence-electron chi connectivity index (χ4n) is 4.60. The summed E-state index contributed by atoms with van der Waals surface area (Å²) < 4.78 is 0. The molecule has 0 radical (unpaired) electrons. The van der Waals surface area contributed by atoms with Crippen molar-refractivity contribution in [1.82, 2.24) is 10.2 Å². The summed E-state index contributed by atoms with van der Waals surface area (Å²) in [6.45, 7) is 6.30. The number of nitrogens with zero attached hydrogens (tertiary/aromatic N) is 2. The Morgan fingerprint density at radius 1 is 0.917 bits per heavy atom. The summed E-state index contributed by atoms with van der Waals surface area (Å²) >= 11 is 0. The van der Waals surface area contributed by atoms with E-state index in [2.05, 4.69) is 52.8 Å². The van der Waals surface area contributed by atoms with Crippen LogP contribution in [-0.4, -0.2) is 43.0 Å². The molecule has 0 fully saturated rings. The van der Waals surface area contributed by atoms with Crippen LogP contribution < -0.4 is 15.5 Å². The highest BCUT2D eigenvalue weighted by molar-refractivity contribution is 6.02. The van der Waals surface area contributed by atoms with E-state index in [4.69, 9.17) is 0 Å². The third-order valence-electron chi connectivity index (χ3n) is 6.64. The van der Waals surface area contributed by atoms with Crippen LogP contribution in [0.5, 0.6) is 0 Å². The molecule has 0 saturated carbocycles. The molecule has 1 aliphatic heterocycles. The molecule has 0 aromatic heterocycles. The molecule has 188 valence electrons. The Labute approximate surface area is 214 Å². The average molecular weight is 485 g/mol. The number of nitrogens with one attached hydrogen (secondary N) is 2. The number of amides is 3. The number of aryl methyl sites for hydroxylation is 1. The quantitative estimate of drug-likeness (QED) is 0.383. The van der Waals surface area contributed by atoms with E-state index in [0.717, 1.165) is 51.0 Å². The van der Waals surface area contributed by atoms with E-state index in [1.165, 1.54) is 11.1 Å². The van der Waals surface area contributed by atoms with Crippen LogP contribution in [-0.2, 0) is 13.0 Å². The van der Waals surface area contributed by atoms with Crippen LogP contribution in [0.3, 0.4) is 0 Å². The molecule has 36 heavy (non-hydrogen) atoms. The minimum Gasteiger partial charge on any atom is -0.352 e. The number of carbonyl (C=O) groups is 2. The summed E-state index contributed by atoms with van der Waals surface area (Å²) in [4.78, 5) is 29.8. The highest BCUT2D eigenvalue weighted by Crippen LogP contribution is 2.26. The monoisotopic (exact) mass is 484 g/mol. The van der Waals surface area contributed by atoms with E-state index < -0.39 is 0 Å². The molecule has 3 aromatic carbocycles. The van der Waals surface area contributed by atoms with Gasteiger partial charge >= 0.3 is 6.03 Å². The Balaban J connectivity index is 1.24. The second-order valence-corrected chi connectivity index (χ2v) is 9.21. The van der Waals surface area contributed by atoms with E-state index in [-0.39, 0.29) is 11.9 Å². The van der Waals surface area contributed by atoms with Crippen molar-refractivity contribution >= 4 is 23.3 Å². The van der Waals surface area contributed by atoms with Gasteiger partial charge in [0.25, 0.3) is 5.91 Å². The number of rotatable bonds is 9. The van der Waals surface area contributed by atoms with Gasteiger partial charge in [-0.05, 0) is 73.7 Å². The zero-order valence-corrected chi connectivity index (χ0v) is 21.1. The lowest BCUT2D eigenvalue weighted by molar-refractivity contribution is 0.0951. The molecule has 6 nitrogen and oxygen atoms in total. The zero-order valence-electron chi connectivity index (χ0n) is 21.1. The van der Waals surface area contributed by atoms with Gasteiger partial charge in [0, 0.05) is 43.1 Å². The first-order chi connectivity index (χ1) is 17.6. The lowest BCUT2D eigenvalue weighted by atomic mass is 10.1. The summed E-state index contributed by atoms with van der Waals surface area (Å²) in [7, 11) is 0. The number of fused-ring (bicyclic) bond motifs is 1. The molecule has 0 atom stereocenters. The average Bonchev–Trinajstić information content (AvgIpc) is 3.14. The van der Waals surface area contributed by atoms with E-state index in [1.807, 2.05) is 29.2 Å². The molecule has 4 rings (SSSR count). The minimum absolute atomic E-state index is 0.0968. The Hall–Kier alpha value is -3.64. The summed E-state index contributed by atoms with van der Waals surface area (Å²) in [5, 5.41) is 6.00. The fourth-order valence-corrected chi connectivity index (χ4v) is 4.60. The lowest BCUT2D eigenvalue weighted by Gasteiger charge is -2.23. The molecule has 0 saturated heterocycles. The normalized spacial score (nSPS) is 13.1. The van der Waals surface area contributed by atoms with Gasteiger partial charge < -0.3 is 10.6 Å². The summed E-state index contributed by atoms with van der Waals surface area (Å²) in [6.07, 6.45) is 3.93. The number of urea groups is 1. The highest BCUT2D eigenvalue weighted by atomic mass is 16.2. The predicted octanol–water partition coefficient (Wildman–Crippen LogP) is 5.70. The van der Waals surface area contributed by atoms with Crippen LogP contribution in [0.15, 0.2) is 78.9 Å². The fraction of sp³-hybridized carbons (Fsp3) is 0.333. The van der Waals surface area contributed by atoms with Crippen molar-refractivity contribution in [2.24, 2.45) is 0 Å². The Bertz CT molecular complexity index is 1130. The molecule has 0 bridgehead atoms. The number of carbonyl (C=O) groups excluding carboxylic acids is 2. The van der Waals surface area contributed by atoms with Gasteiger partial charge in [-0.25, -0.2) is 4.79 Å². The lowest BCUT2D eigenvalue weighted by Crippen LogP contribution is -2.35. The Morgan fingerprint density at radius 2 is 1.67 bits per heavy atom. The number of hydrogen-bond donors (Lipinski definition) is 2. The maximum Gasteiger partial charge on any atom is 0.326 e. The van der Waals surface area contributed by atoms with Gasteiger partial charge in [-0.3, -0.25) is 14.6 Å². The SMILES string of the molecule is CCN(CCCNC(=O)c1ccc(NC(=O)N2CCCCc3ccccc32)cc1)Cc1ccccc1. The van der Waals surface area contributed by atoms with Gasteiger partial charge in [0.2, 0.25) is 0 Å². The molecule has 0 spiro atoms. The van der Waals surface area contributed by atoms with Gasteiger partial charge in [0.05, 0.1) is 0 Å². The Morgan fingerprint density at radius 3 is 2.44 bits per heavy atom. The second kappa shape index (κ2) is 12.9. The van der Waals surface area contributed by atoms with Gasteiger partial charge in [-0.2, -0.15) is 0 Å². The van der Waals surface area contributed by atoms with Crippen LogP contribution in [0.2, 0.25) is 0 Å². The van der Waals surface area contributed by atoms with Crippen LogP contribution in [0, 0.1) is 0 Å². The predicted molar refractivity (Wildman–Crippen MR) is 147 cm³/mol. The first kappa shape index (κ1) is 25.5. The smallest absolute Gasteiger partial charge is 0.326 e. The number of anilines is 2. The molecule has 3 aromatic rings. The summed E-state index contributed by atoms with van der Waals surface area (Å²) in [6, 6.07) is 25.5. The molecule has 3 amide bonds. The standard InChI is InChI=1S/C30H36N4O2/c1-2-33(23-24-11-4-3-5-12-24)21-10-20-31-29(35)26-16-18-27(19-17-26)32-30(36)34-22-9-8-14-25-13-6-7-15-28(25)34/h3-7,11-13,15-19H,2,8-10,14,20-23H2,1H3,(H,31,35)(H,32,36). The van der Waals surface area contributed by atoms with Crippen molar-refractivity contribution in [3.63, 3.8) is 0 Å². The molecule has 1 aliphatic rings. The van der Waals surface area contributed by atoms with Crippen LogP contribution in [0.1, 0.15) is 47.7 Å². The maximum absolute atomic E-state index is 13.0. The summed E-state index contributed by atoms with van der Waals surface area (Å²) in [5.41, 5.74) is 4.76. The zero-order chi connectivity index (χ0) is 25.2. The molecular weight excluding hydrogens is 448 g/mol. The molecule has 6 heteroatoms. The highest BCUT2D eigenvalue weighted by Gasteiger charge is 2.21. The third kappa shape index (κ3) is 6.95. The maximum atomic E-state index is 13.0. The van der Waals surface area contributed by atoms with E-state index in [0.29, 0.717) is 24.3 Å². The molecule has 1 heterocycles. The van der Waals surface area contributed by atoms with Crippen LogP contribution in [0.25, 0.3) is 0 Å². The van der Waals surface area contributed by atoms with Crippen molar-refractivity contribution in [3.05, 3.63) is 95.6 Å². The molecular formula is C30H36N4O2. The Kier molecular flexibility index (Phi) is 9.11. The van der Waals surface area contributed by atoms with E-state index >= 15 is 0 Å². The first-order valence-electron chi connectivity index (χ1n) is 12.9. The van der Waals surface area contributed by atoms with Gasteiger partial charge in [0.1, 0.15) is 0 Å². The second-order valence-electron chi connectivity index (χ2n) is 9.21. The minimum atomic E-state index is -0.141. The van der Waals surface area contributed by atoms with Crippen LogP contribution >= 0.6 is 0 Å². The van der Waals surface area contributed by atoms with Gasteiger partial charge in [-0.15, -0.1) is 0 Å². The van der Waals surface area contributed by atoms with E-state index in [9.17, 15) is 9.59 Å². The van der Waals surface area contributed by atoms with Crippen molar-refractivity contribution in [3.8, 4) is 0 Å². The van der Waals surface area contributed by atoms with Gasteiger partial charge in [-0.1, -0.05) is 55.5 Å². The first-order valence-corrected chi connectivity index (χ1v) is 12.9. The number of hydrogen-bond acceptors (Lipinski definition) is 3. The molecule has 2 N–H and O–H groups in total. The van der Waals surface area contributed by atoms with Crippen molar-refractivity contribution in [2.75, 3.05) is 36.4 Å². The summed E-state index contributed by atoms with van der Waals surface area (Å²) in [5.74, 6) is -0.0968.